The van der Waals surface area contributed by atoms with Crippen LogP contribution in [0, 0.1) is 23.2 Å². The lowest BCUT2D eigenvalue weighted by molar-refractivity contribution is -0.129. The molecule has 4 rings (SSSR count). The van der Waals surface area contributed by atoms with Crippen LogP contribution in [0.4, 0.5) is 0 Å². The number of hydrogen-bond acceptors (Lipinski definition) is 2. The Hall–Kier alpha value is -0.890. The van der Waals surface area contributed by atoms with Crippen molar-refractivity contribution in [3.8, 4) is 0 Å². The Labute approximate surface area is 120 Å². The molecule has 20 heavy (non-hydrogen) atoms. The molecule has 0 aromatic rings. The fraction of sp³-hybridized carbons (Fsp3) is 0.722. The molecular weight excluding hydrogens is 248 g/mol. The highest BCUT2D eigenvalue weighted by molar-refractivity contribution is 5.87. The van der Waals surface area contributed by atoms with E-state index in [1.165, 1.54) is 24.0 Å². The molecule has 2 saturated carbocycles. The molecule has 0 spiro atoms. The van der Waals surface area contributed by atoms with Crippen molar-refractivity contribution in [2.24, 2.45) is 23.2 Å². The maximum Gasteiger partial charge on any atom is 0.139 e. The fourth-order valence-corrected chi connectivity index (χ4v) is 5.59. The summed E-state index contributed by atoms with van der Waals surface area (Å²) >= 11 is 0. The van der Waals surface area contributed by atoms with Gasteiger partial charge in [0.05, 0.1) is 6.10 Å². The molecule has 0 aliphatic heterocycles. The minimum atomic E-state index is -0.271. The first kappa shape index (κ1) is 12.8. The van der Waals surface area contributed by atoms with Crippen LogP contribution in [0.15, 0.2) is 23.3 Å². The summed E-state index contributed by atoms with van der Waals surface area (Å²) in [6.45, 7) is 2.23. The molecule has 2 nitrogen and oxygen atoms in total. The Kier molecular flexibility index (Phi) is 2.76. The first-order valence-electron chi connectivity index (χ1n) is 8.21. The largest absolute Gasteiger partial charge is 0.389 e. The lowest BCUT2D eigenvalue weighted by atomic mass is 9.55. The molecule has 0 aromatic heterocycles. The number of ketones is 1. The lowest BCUT2D eigenvalue weighted by Gasteiger charge is -2.49. The molecule has 0 saturated heterocycles. The highest BCUT2D eigenvalue weighted by atomic mass is 16.3. The molecule has 0 heterocycles. The van der Waals surface area contributed by atoms with Crippen LogP contribution < -0.4 is 0 Å². The van der Waals surface area contributed by atoms with Gasteiger partial charge in [-0.2, -0.15) is 0 Å². The Morgan fingerprint density at radius 1 is 1.25 bits per heavy atom. The molecule has 2 fully saturated rings. The number of aliphatic hydroxyl groups is 1. The van der Waals surface area contributed by atoms with Gasteiger partial charge >= 0.3 is 0 Å². The van der Waals surface area contributed by atoms with Crippen molar-refractivity contribution in [3.63, 3.8) is 0 Å². The van der Waals surface area contributed by atoms with Crippen molar-refractivity contribution in [3.05, 3.63) is 23.3 Å². The predicted octanol–water partition coefficient (Wildman–Crippen LogP) is 3.41. The number of Topliss-reactive ketones (excluding diaryl/α,β-unsaturated/α-hetero) is 1. The highest BCUT2D eigenvalue weighted by Crippen LogP contribution is 2.59. The summed E-state index contributed by atoms with van der Waals surface area (Å²) in [5.41, 5.74) is 3.00. The number of carbonyl (C=O) groups excluding carboxylic acids is 1. The Bertz CT molecular complexity index is 516. The maximum absolute atomic E-state index is 12.3. The first-order chi connectivity index (χ1) is 9.59. The van der Waals surface area contributed by atoms with Gasteiger partial charge < -0.3 is 5.11 Å². The molecule has 5 atom stereocenters. The van der Waals surface area contributed by atoms with Crippen molar-refractivity contribution in [1.82, 2.24) is 0 Å². The van der Waals surface area contributed by atoms with Crippen LogP contribution in [-0.2, 0) is 4.79 Å². The summed E-state index contributed by atoms with van der Waals surface area (Å²) in [6.07, 6.45) is 11.3. The van der Waals surface area contributed by atoms with Crippen LogP contribution in [0.1, 0.15) is 51.9 Å². The zero-order valence-corrected chi connectivity index (χ0v) is 12.3. The van der Waals surface area contributed by atoms with E-state index in [-0.39, 0.29) is 11.5 Å². The number of hydrogen-bond donors (Lipinski definition) is 1. The quantitative estimate of drug-likeness (QED) is 0.733. The van der Waals surface area contributed by atoms with Crippen molar-refractivity contribution < 1.29 is 9.90 Å². The van der Waals surface area contributed by atoms with Crippen molar-refractivity contribution >= 4 is 5.78 Å². The number of fused-ring (bicyclic) bond motifs is 4. The zero-order valence-electron chi connectivity index (χ0n) is 12.3. The van der Waals surface area contributed by atoms with Gasteiger partial charge in [-0.05, 0) is 61.9 Å². The van der Waals surface area contributed by atoms with E-state index in [1.807, 2.05) is 6.08 Å². The number of aliphatic hydroxyl groups excluding tert-OH is 1. The minimum Gasteiger partial charge on any atom is -0.389 e. The standard InChI is InChI=1S/C18H24O2/c1-18-9-8-14-13-5-3-12(19)10-11(13)2-4-15(14)16(18)6-7-17(18)20/h3,5,12,14-16,19H,2,4,6-10H2,1H3/t12?,14-,15-,16+,18+/m1/s1. The highest BCUT2D eigenvalue weighted by Gasteiger charge is 2.54. The fourth-order valence-electron chi connectivity index (χ4n) is 5.59. The third kappa shape index (κ3) is 1.64. The molecule has 1 unspecified atom stereocenters. The molecule has 108 valence electrons. The molecule has 1 N–H and O–H groups in total. The molecule has 4 aliphatic rings. The molecule has 2 heteroatoms. The van der Waals surface area contributed by atoms with Crippen LogP contribution >= 0.6 is 0 Å². The number of allylic oxidation sites excluding steroid dienone is 2. The monoisotopic (exact) mass is 272 g/mol. The molecule has 0 amide bonds. The second-order valence-corrected chi connectivity index (χ2v) is 7.52. The topological polar surface area (TPSA) is 37.3 Å². The average Bonchev–Trinajstić information content (AvgIpc) is 2.74. The van der Waals surface area contributed by atoms with Gasteiger partial charge in [-0.1, -0.05) is 24.6 Å². The van der Waals surface area contributed by atoms with E-state index in [1.54, 1.807) is 0 Å². The normalized spacial score (nSPS) is 47.0. The first-order valence-corrected chi connectivity index (χ1v) is 8.21. The van der Waals surface area contributed by atoms with Gasteiger partial charge in [-0.15, -0.1) is 0 Å². The van der Waals surface area contributed by atoms with E-state index in [9.17, 15) is 9.90 Å². The SMILES string of the molecule is C[C@]12CC[C@@H]3C4=C(CC[C@H]3[C@@H]1CCC2=O)CC(O)C=C4. The molecule has 0 radical (unpaired) electrons. The minimum absolute atomic E-state index is 0.0167. The van der Waals surface area contributed by atoms with Crippen molar-refractivity contribution in [2.45, 2.75) is 58.0 Å². The van der Waals surface area contributed by atoms with E-state index in [0.717, 1.165) is 32.1 Å². The summed E-state index contributed by atoms with van der Waals surface area (Å²) in [6, 6.07) is 0. The van der Waals surface area contributed by atoms with Gasteiger partial charge in [0.2, 0.25) is 0 Å². The van der Waals surface area contributed by atoms with Crippen LogP contribution in [0.25, 0.3) is 0 Å². The van der Waals surface area contributed by atoms with Crippen LogP contribution in [-0.4, -0.2) is 17.0 Å². The van der Waals surface area contributed by atoms with Gasteiger partial charge in [-0.25, -0.2) is 0 Å². The summed E-state index contributed by atoms with van der Waals surface area (Å²) in [7, 11) is 0. The lowest BCUT2D eigenvalue weighted by Crippen LogP contribution is -2.43. The second kappa shape index (κ2) is 4.30. The van der Waals surface area contributed by atoms with Crippen molar-refractivity contribution in [2.75, 3.05) is 0 Å². The average molecular weight is 272 g/mol. The molecule has 4 aliphatic carbocycles. The van der Waals surface area contributed by atoms with Gasteiger partial charge in [0.15, 0.2) is 0 Å². The van der Waals surface area contributed by atoms with Crippen molar-refractivity contribution in [1.29, 1.82) is 0 Å². The van der Waals surface area contributed by atoms with Crippen LogP contribution in [0.5, 0.6) is 0 Å². The molecule has 0 aromatic carbocycles. The maximum atomic E-state index is 12.3. The zero-order chi connectivity index (χ0) is 13.9. The van der Waals surface area contributed by atoms with E-state index in [0.29, 0.717) is 23.5 Å². The predicted molar refractivity (Wildman–Crippen MR) is 78.1 cm³/mol. The summed E-state index contributed by atoms with van der Waals surface area (Å²) in [5.74, 6) is 2.50. The Morgan fingerprint density at radius 3 is 2.95 bits per heavy atom. The van der Waals surface area contributed by atoms with E-state index in [2.05, 4.69) is 13.0 Å². The number of rotatable bonds is 0. The van der Waals surface area contributed by atoms with Gasteiger partial charge in [0, 0.05) is 11.8 Å². The Balaban J connectivity index is 1.67. The smallest absolute Gasteiger partial charge is 0.139 e. The summed E-state index contributed by atoms with van der Waals surface area (Å²) < 4.78 is 0. The number of carbonyl (C=O) groups is 1. The third-order valence-corrected chi connectivity index (χ3v) is 6.69. The molecule has 0 bridgehead atoms. The molecular formula is C18H24O2. The summed E-state index contributed by atoms with van der Waals surface area (Å²) in [4.78, 5) is 12.3. The van der Waals surface area contributed by atoms with E-state index < -0.39 is 0 Å². The second-order valence-electron chi connectivity index (χ2n) is 7.52. The van der Waals surface area contributed by atoms with Crippen LogP contribution in [0.2, 0.25) is 0 Å². The third-order valence-electron chi connectivity index (χ3n) is 6.69. The van der Waals surface area contributed by atoms with Gasteiger partial charge in [0.1, 0.15) is 5.78 Å². The Morgan fingerprint density at radius 2 is 2.10 bits per heavy atom. The summed E-state index contributed by atoms with van der Waals surface area (Å²) in [5, 5.41) is 9.80. The van der Waals surface area contributed by atoms with E-state index >= 15 is 0 Å². The van der Waals surface area contributed by atoms with Gasteiger partial charge in [0.25, 0.3) is 0 Å². The van der Waals surface area contributed by atoms with Crippen LogP contribution in [0.3, 0.4) is 0 Å². The van der Waals surface area contributed by atoms with E-state index in [4.69, 9.17) is 0 Å². The van der Waals surface area contributed by atoms with Gasteiger partial charge in [-0.3, -0.25) is 4.79 Å².